The zero-order valence-corrected chi connectivity index (χ0v) is 19.7. The maximum atomic E-state index is 14.6. The normalized spacial score (nSPS) is 21.0. The molecule has 0 spiro atoms. The van der Waals surface area contributed by atoms with Gasteiger partial charge in [-0.1, -0.05) is 23.7 Å². The summed E-state index contributed by atoms with van der Waals surface area (Å²) in [6.45, 7) is 8.67. The number of amides is 1. The van der Waals surface area contributed by atoms with Gasteiger partial charge >= 0.3 is 6.09 Å². The Bertz CT molecular complexity index is 1010. The number of rotatable bonds is 3. The summed E-state index contributed by atoms with van der Waals surface area (Å²) in [6.07, 6.45) is 2.31. The number of fused-ring (bicyclic) bond motifs is 1. The van der Waals surface area contributed by atoms with Crippen LogP contribution in [0.15, 0.2) is 36.4 Å². The van der Waals surface area contributed by atoms with E-state index in [0.717, 1.165) is 24.8 Å². The number of carbonyl (C=O) groups excluding carboxylic acids is 1. The van der Waals surface area contributed by atoms with Gasteiger partial charge in [0.15, 0.2) is 11.5 Å². The van der Waals surface area contributed by atoms with E-state index in [-0.39, 0.29) is 6.09 Å². The third-order valence-corrected chi connectivity index (χ3v) is 6.09. The van der Waals surface area contributed by atoms with Crippen molar-refractivity contribution >= 4 is 17.7 Å². The Kier molecular flexibility index (Phi) is 6.01. The number of nitrogens with zero attached hydrogens (tertiary/aromatic N) is 1. The van der Waals surface area contributed by atoms with Gasteiger partial charge in [0.05, 0.1) is 5.56 Å². The molecule has 2 heterocycles. The monoisotopic (exact) mass is 461 g/mol. The fraction of sp³-hybridized carbons (Fsp3) is 0.480. The number of carbonyl (C=O) groups is 1. The van der Waals surface area contributed by atoms with Crippen LogP contribution in [0.3, 0.4) is 0 Å². The summed E-state index contributed by atoms with van der Waals surface area (Å²) in [5.41, 5.74) is 0.831. The summed E-state index contributed by atoms with van der Waals surface area (Å²) in [6, 6.07) is 10.3. The van der Waals surface area contributed by atoms with E-state index in [0.29, 0.717) is 41.1 Å². The number of ether oxygens (including phenoxy) is 3. The second kappa shape index (κ2) is 8.47. The van der Waals surface area contributed by atoms with Crippen molar-refractivity contribution in [3.63, 3.8) is 0 Å². The maximum absolute atomic E-state index is 14.6. The summed E-state index contributed by atoms with van der Waals surface area (Å²) in [5, 5.41) is 0.323. The third kappa shape index (κ3) is 4.80. The van der Waals surface area contributed by atoms with Crippen LogP contribution in [-0.2, 0) is 16.9 Å². The molecule has 2 aliphatic rings. The first-order chi connectivity index (χ1) is 15.0. The number of hydrogen-bond acceptors (Lipinski definition) is 4. The van der Waals surface area contributed by atoms with Crippen molar-refractivity contribution in [2.75, 3.05) is 13.1 Å². The quantitative estimate of drug-likeness (QED) is 0.537. The molecule has 2 aromatic carbocycles. The lowest BCUT2D eigenvalue weighted by molar-refractivity contribution is -0.0711. The van der Waals surface area contributed by atoms with Crippen molar-refractivity contribution in [3.05, 3.63) is 58.4 Å². The Labute approximate surface area is 193 Å². The molecular formula is C25H29ClFNO4. The largest absolute Gasteiger partial charge is 0.444 e. The van der Waals surface area contributed by atoms with E-state index in [9.17, 15) is 9.18 Å². The highest BCUT2D eigenvalue weighted by molar-refractivity contribution is 6.30. The molecule has 1 fully saturated rings. The molecule has 2 aromatic rings. The van der Waals surface area contributed by atoms with Crippen molar-refractivity contribution in [3.8, 4) is 11.5 Å². The molecular weight excluding hydrogens is 433 g/mol. The number of para-hydroxylation sites is 1. The minimum Gasteiger partial charge on any atom is -0.444 e. The minimum absolute atomic E-state index is 0.256. The molecule has 0 bridgehead atoms. The van der Waals surface area contributed by atoms with Gasteiger partial charge in [0, 0.05) is 25.0 Å². The van der Waals surface area contributed by atoms with Crippen LogP contribution in [0, 0.1) is 11.7 Å². The van der Waals surface area contributed by atoms with Crippen LogP contribution in [0.2, 0.25) is 5.02 Å². The number of likely N-dealkylation sites (tertiary alicyclic amines) is 1. The first-order valence-electron chi connectivity index (χ1n) is 11.0. The molecule has 4 rings (SSSR count). The van der Waals surface area contributed by atoms with E-state index in [1.165, 1.54) is 6.07 Å². The van der Waals surface area contributed by atoms with Gasteiger partial charge in [0.2, 0.25) is 0 Å². The summed E-state index contributed by atoms with van der Waals surface area (Å²) >= 11 is 5.90. The number of halogens is 2. The minimum atomic E-state index is -1.26. The highest BCUT2D eigenvalue weighted by Gasteiger charge is 2.42. The Balaban J connectivity index is 1.43. The summed E-state index contributed by atoms with van der Waals surface area (Å²) in [7, 11) is 0. The molecule has 5 nitrogen and oxygen atoms in total. The van der Waals surface area contributed by atoms with E-state index in [1.807, 2.05) is 39.0 Å². The Morgan fingerprint density at radius 1 is 1.22 bits per heavy atom. The smallest absolute Gasteiger partial charge is 0.410 e. The highest BCUT2D eigenvalue weighted by atomic mass is 35.5. The standard InChI is InChI=1S/C25H29ClFNO4/c1-24(2,3)32-23(29)28-12-10-16(11-13-28)14-17-6-5-7-21-22(17)31-25(4,30-21)19-9-8-18(26)15-20(19)27/h5-9,15-16H,10-14H2,1-4H3. The zero-order chi connectivity index (χ0) is 23.1. The van der Waals surface area contributed by atoms with E-state index < -0.39 is 17.2 Å². The van der Waals surface area contributed by atoms with Gasteiger partial charge in [-0.05, 0) is 75.8 Å². The lowest BCUT2D eigenvalue weighted by Gasteiger charge is -2.33. The van der Waals surface area contributed by atoms with Crippen LogP contribution in [0.4, 0.5) is 9.18 Å². The Morgan fingerprint density at radius 3 is 2.59 bits per heavy atom. The van der Waals surface area contributed by atoms with Crippen LogP contribution < -0.4 is 9.47 Å². The molecule has 1 unspecified atom stereocenters. The van der Waals surface area contributed by atoms with Gasteiger partial charge in [-0.3, -0.25) is 0 Å². The predicted octanol–water partition coefficient (Wildman–Crippen LogP) is 6.31. The molecule has 172 valence electrons. The van der Waals surface area contributed by atoms with Crippen LogP contribution in [0.5, 0.6) is 11.5 Å². The maximum Gasteiger partial charge on any atom is 0.410 e. The summed E-state index contributed by atoms with van der Waals surface area (Å²) in [4.78, 5) is 14.1. The second-order valence-electron chi connectivity index (χ2n) is 9.63. The van der Waals surface area contributed by atoms with Crippen LogP contribution in [0.25, 0.3) is 0 Å². The van der Waals surface area contributed by atoms with Crippen molar-refractivity contribution < 1.29 is 23.4 Å². The molecule has 32 heavy (non-hydrogen) atoms. The van der Waals surface area contributed by atoms with Crippen molar-refractivity contribution in [2.45, 2.75) is 58.3 Å². The first-order valence-corrected chi connectivity index (χ1v) is 11.4. The molecule has 0 aliphatic carbocycles. The van der Waals surface area contributed by atoms with Crippen LogP contribution in [-0.4, -0.2) is 29.7 Å². The second-order valence-corrected chi connectivity index (χ2v) is 10.1. The van der Waals surface area contributed by atoms with Crippen molar-refractivity contribution in [1.82, 2.24) is 4.90 Å². The zero-order valence-electron chi connectivity index (χ0n) is 18.9. The van der Waals surface area contributed by atoms with Gasteiger partial charge in [-0.15, -0.1) is 0 Å². The van der Waals surface area contributed by atoms with Crippen LogP contribution in [0.1, 0.15) is 51.7 Å². The average Bonchev–Trinajstić information content (AvgIpc) is 3.05. The van der Waals surface area contributed by atoms with Crippen molar-refractivity contribution in [2.24, 2.45) is 5.92 Å². The van der Waals surface area contributed by atoms with Crippen molar-refractivity contribution in [1.29, 1.82) is 0 Å². The molecule has 2 aliphatic heterocycles. The van der Waals surface area contributed by atoms with Gasteiger partial charge in [0.25, 0.3) is 5.79 Å². The van der Waals surface area contributed by atoms with Gasteiger partial charge in [-0.2, -0.15) is 0 Å². The predicted molar refractivity (Wildman–Crippen MR) is 121 cm³/mol. The average molecular weight is 462 g/mol. The molecule has 0 aromatic heterocycles. The molecule has 7 heteroatoms. The highest BCUT2D eigenvalue weighted by Crippen LogP contribution is 2.47. The Hall–Kier alpha value is -2.47. The molecule has 0 radical (unpaired) electrons. The van der Waals surface area contributed by atoms with Gasteiger partial charge < -0.3 is 19.1 Å². The summed E-state index contributed by atoms with van der Waals surface area (Å²) < 4.78 is 32.3. The van der Waals surface area contributed by atoms with E-state index in [4.69, 9.17) is 25.8 Å². The SMILES string of the molecule is CC(C)(C)OC(=O)N1CCC(Cc2cccc3c2OC(C)(c2ccc(Cl)cc2F)O3)CC1. The Morgan fingerprint density at radius 2 is 1.94 bits per heavy atom. The van der Waals surface area contributed by atoms with E-state index in [1.54, 1.807) is 24.0 Å². The molecule has 1 amide bonds. The fourth-order valence-corrected chi connectivity index (χ4v) is 4.43. The molecule has 0 N–H and O–H groups in total. The number of benzene rings is 2. The lowest BCUT2D eigenvalue weighted by atomic mass is 9.90. The van der Waals surface area contributed by atoms with Gasteiger partial charge in [-0.25, -0.2) is 9.18 Å². The topological polar surface area (TPSA) is 48.0 Å². The third-order valence-electron chi connectivity index (χ3n) is 5.86. The number of hydrogen-bond donors (Lipinski definition) is 0. The van der Waals surface area contributed by atoms with Gasteiger partial charge in [0.1, 0.15) is 11.4 Å². The lowest BCUT2D eigenvalue weighted by Crippen LogP contribution is -2.42. The number of piperidine rings is 1. The molecule has 0 saturated carbocycles. The van der Waals surface area contributed by atoms with E-state index >= 15 is 0 Å². The summed E-state index contributed by atoms with van der Waals surface area (Å²) in [5.74, 6) is -0.0658. The fourth-order valence-electron chi connectivity index (χ4n) is 4.27. The molecule has 1 atom stereocenters. The molecule has 1 saturated heterocycles. The first kappa shape index (κ1) is 22.7. The van der Waals surface area contributed by atoms with Crippen LogP contribution >= 0.6 is 11.6 Å². The van der Waals surface area contributed by atoms with E-state index in [2.05, 4.69) is 0 Å².